The monoisotopic (exact) mass is 390 g/mol. The minimum Gasteiger partial charge on any atom is -0.478 e. The van der Waals surface area contributed by atoms with Crippen LogP contribution >= 0.6 is 11.3 Å². The molecule has 2 heterocycles. The average molecular weight is 390 g/mol. The molecule has 27 heavy (non-hydrogen) atoms. The van der Waals surface area contributed by atoms with Gasteiger partial charge in [-0.15, -0.1) is 11.3 Å². The van der Waals surface area contributed by atoms with Crippen LogP contribution in [0.15, 0.2) is 36.4 Å². The number of ether oxygens (including phenoxy) is 2. The zero-order chi connectivity index (χ0) is 19.2. The number of Topliss-reactive ketones (excluding diaryl/α,β-unsaturated/α-hetero) is 1. The van der Waals surface area contributed by atoms with Crippen molar-refractivity contribution in [2.75, 3.05) is 32.9 Å². The van der Waals surface area contributed by atoms with Crippen LogP contribution < -0.4 is 4.74 Å². The molecule has 1 aromatic carbocycles. The third-order valence-electron chi connectivity index (χ3n) is 4.05. The Hall–Kier alpha value is -2.78. The smallest absolute Gasteiger partial charge is 0.310 e. The maximum atomic E-state index is 12.3. The van der Waals surface area contributed by atoms with E-state index in [-0.39, 0.29) is 36.2 Å². The predicted octanol–water partition coefficient (Wildman–Crippen LogP) is 2.32. The Labute approximate surface area is 159 Å². The Morgan fingerprint density at radius 1 is 1.19 bits per heavy atom. The number of rotatable bonds is 7. The second kappa shape index (κ2) is 8.74. The Bertz CT molecular complexity index is 844. The van der Waals surface area contributed by atoms with E-state index in [0.717, 1.165) is 4.88 Å². The number of nitro benzene ring substituents is 1. The third kappa shape index (κ3) is 4.89. The summed E-state index contributed by atoms with van der Waals surface area (Å²) in [5.74, 6) is -0.228. The highest BCUT2D eigenvalue weighted by Crippen LogP contribution is 2.26. The van der Waals surface area contributed by atoms with Crippen LogP contribution in [0.2, 0.25) is 0 Å². The maximum Gasteiger partial charge on any atom is 0.310 e. The number of para-hydroxylation sites is 2. The first kappa shape index (κ1) is 19.0. The highest BCUT2D eigenvalue weighted by atomic mass is 32.1. The normalized spacial score (nSPS) is 14.0. The molecule has 9 heteroatoms. The van der Waals surface area contributed by atoms with E-state index in [1.165, 1.54) is 29.5 Å². The molecule has 8 nitrogen and oxygen atoms in total. The zero-order valence-corrected chi connectivity index (χ0v) is 15.3. The molecule has 2 aromatic rings. The van der Waals surface area contributed by atoms with Crippen molar-refractivity contribution in [1.29, 1.82) is 0 Å². The highest BCUT2D eigenvalue weighted by molar-refractivity contribution is 7.14. The molecule has 0 saturated carbocycles. The molecule has 0 aliphatic carbocycles. The van der Waals surface area contributed by atoms with Crippen LogP contribution in [-0.2, 0) is 16.0 Å². The zero-order valence-electron chi connectivity index (χ0n) is 14.5. The summed E-state index contributed by atoms with van der Waals surface area (Å²) in [6, 6.07) is 9.31. The number of nitro groups is 1. The maximum absolute atomic E-state index is 12.3. The summed E-state index contributed by atoms with van der Waals surface area (Å²) in [6.07, 6.45) is 0.239. The third-order valence-corrected chi connectivity index (χ3v) is 5.17. The quantitative estimate of drug-likeness (QED) is 0.409. The van der Waals surface area contributed by atoms with E-state index < -0.39 is 4.92 Å². The van der Waals surface area contributed by atoms with Gasteiger partial charge >= 0.3 is 5.69 Å². The first-order valence-electron chi connectivity index (χ1n) is 8.38. The van der Waals surface area contributed by atoms with Gasteiger partial charge in [-0.1, -0.05) is 12.1 Å². The van der Waals surface area contributed by atoms with Gasteiger partial charge in [-0.2, -0.15) is 0 Å². The lowest BCUT2D eigenvalue weighted by Gasteiger charge is -2.26. The summed E-state index contributed by atoms with van der Waals surface area (Å²) in [7, 11) is 0. The number of hydrogen-bond donors (Lipinski definition) is 0. The molecule has 3 rings (SSSR count). The SMILES string of the molecule is O=C(COc1ccccc1[N+](=O)[O-])c1ccc(CC(=O)N2CCOCC2)s1. The molecule has 0 spiro atoms. The standard InChI is InChI=1S/C18H18N2O6S/c21-15(12-26-16-4-2-1-3-14(16)20(23)24)17-6-5-13(27-17)11-18(22)19-7-9-25-10-8-19/h1-6H,7-12H2. The summed E-state index contributed by atoms with van der Waals surface area (Å²) in [5, 5.41) is 11.0. The molecular weight excluding hydrogens is 372 g/mol. The molecule has 0 unspecified atom stereocenters. The molecule has 0 atom stereocenters. The largest absolute Gasteiger partial charge is 0.478 e. The fraction of sp³-hybridized carbons (Fsp3) is 0.333. The van der Waals surface area contributed by atoms with Crippen LogP contribution in [0.25, 0.3) is 0 Å². The van der Waals surface area contributed by atoms with Crippen LogP contribution in [0.4, 0.5) is 5.69 Å². The van der Waals surface area contributed by atoms with Gasteiger partial charge in [0.15, 0.2) is 12.4 Å². The molecule has 1 fully saturated rings. The number of amides is 1. The number of morpholine rings is 1. The molecule has 1 amide bonds. The van der Waals surface area contributed by atoms with Gasteiger partial charge in [0.05, 0.1) is 29.4 Å². The molecule has 1 aliphatic rings. The van der Waals surface area contributed by atoms with Crippen LogP contribution in [0, 0.1) is 10.1 Å². The fourth-order valence-corrected chi connectivity index (χ4v) is 3.56. The molecule has 0 N–H and O–H groups in total. The summed E-state index contributed by atoms with van der Waals surface area (Å²) >= 11 is 1.24. The number of carbonyl (C=O) groups excluding carboxylic acids is 2. The van der Waals surface area contributed by atoms with E-state index in [9.17, 15) is 19.7 Å². The lowest BCUT2D eigenvalue weighted by Crippen LogP contribution is -2.41. The lowest BCUT2D eigenvalue weighted by molar-refractivity contribution is -0.385. The van der Waals surface area contributed by atoms with Crippen LogP contribution in [0.5, 0.6) is 5.75 Å². The van der Waals surface area contributed by atoms with Crippen molar-refractivity contribution in [3.8, 4) is 5.75 Å². The molecule has 1 saturated heterocycles. The average Bonchev–Trinajstić information content (AvgIpc) is 3.15. The number of hydrogen-bond acceptors (Lipinski definition) is 7. The van der Waals surface area contributed by atoms with Gasteiger partial charge in [0.2, 0.25) is 11.7 Å². The van der Waals surface area contributed by atoms with Crippen molar-refractivity contribution in [3.63, 3.8) is 0 Å². The summed E-state index contributed by atoms with van der Waals surface area (Å²) < 4.78 is 10.6. The number of nitrogens with zero attached hydrogens (tertiary/aromatic N) is 2. The van der Waals surface area contributed by atoms with E-state index in [2.05, 4.69) is 0 Å². The van der Waals surface area contributed by atoms with Crippen LogP contribution in [-0.4, -0.2) is 54.4 Å². The Morgan fingerprint density at radius 2 is 1.93 bits per heavy atom. The Morgan fingerprint density at radius 3 is 2.67 bits per heavy atom. The summed E-state index contributed by atoms with van der Waals surface area (Å²) in [5.41, 5.74) is -0.187. The van der Waals surface area contributed by atoms with Crippen molar-refractivity contribution in [2.45, 2.75) is 6.42 Å². The van der Waals surface area contributed by atoms with Crippen molar-refractivity contribution in [2.24, 2.45) is 0 Å². The molecule has 142 valence electrons. The van der Waals surface area contributed by atoms with Gasteiger partial charge in [0.25, 0.3) is 0 Å². The van der Waals surface area contributed by atoms with Crippen molar-refractivity contribution in [1.82, 2.24) is 4.90 Å². The van der Waals surface area contributed by atoms with Gasteiger partial charge in [-0.25, -0.2) is 0 Å². The summed E-state index contributed by atoms with van der Waals surface area (Å²) in [6.45, 7) is 1.95. The van der Waals surface area contributed by atoms with Gasteiger partial charge in [-0.05, 0) is 18.2 Å². The van der Waals surface area contributed by atoms with E-state index in [1.807, 2.05) is 0 Å². The van der Waals surface area contributed by atoms with Crippen molar-refractivity contribution >= 4 is 28.7 Å². The number of carbonyl (C=O) groups is 2. The topological polar surface area (TPSA) is 99.0 Å². The van der Waals surface area contributed by atoms with Crippen LogP contribution in [0.3, 0.4) is 0 Å². The molecule has 0 bridgehead atoms. The van der Waals surface area contributed by atoms with Gasteiger partial charge in [0, 0.05) is 24.0 Å². The van der Waals surface area contributed by atoms with Gasteiger partial charge < -0.3 is 14.4 Å². The predicted molar refractivity (Wildman–Crippen MR) is 98.3 cm³/mol. The molecule has 0 radical (unpaired) electrons. The number of benzene rings is 1. The summed E-state index contributed by atoms with van der Waals surface area (Å²) in [4.78, 5) is 38.0. The van der Waals surface area contributed by atoms with Crippen molar-refractivity contribution in [3.05, 3.63) is 56.3 Å². The Kier molecular flexibility index (Phi) is 6.15. The van der Waals surface area contributed by atoms with E-state index >= 15 is 0 Å². The second-order valence-corrected chi connectivity index (χ2v) is 7.04. The van der Waals surface area contributed by atoms with Crippen molar-refractivity contribution < 1.29 is 24.0 Å². The van der Waals surface area contributed by atoms with Gasteiger partial charge in [0.1, 0.15) is 0 Å². The molecule has 1 aliphatic heterocycles. The highest BCUT2D eigenvalue weighted by Gasteiger charge is 2.20. The molecular formula is C18H18N2O6S. The van der Waals surface area contributed by atoms with Crippen LogP contribution in [0.1, 0.15) is 14.5 Å². The lowest BCUT2D eigenvalue weighted by atomic mass is 10.2. The minimum absolute atomic E-state index is 0.00955. The van der Waals surface area contributed by atoms with E-state index in [0.29, 0.717) is 31.2 Å². The number of ketones is 1. The first-order chi connectivity index (χ1) is 13.0. The van der Waals surface area contributed by atoms with Gasteiger partial charge in [-0.3, -0.25) is 19.7 Å². The van der Waals surface area contributed by atoms with E-state index in [4.69, 9.17) is 9.47 Å². The fourth-order valence-electron chi connectivity index (χ4n) is 2.64. The first-order valence-corrected chi connectivity index (χ1v) is 9.20. The minimum atomic E-state index is -0.555. The second-order valence-electron chi connectivity index (χ2n) is 5.87. The molecule has 1 aromatic heterocycles. The Balaban J connectivity index is 1.57. The van der Waals surface area contributed by atoms with E-state index in [1.54, 1.807) is 23.1 Å². The number of thiophene rings is 1.